The number of amides is 2. The van der Waals surface area contributed by atoms with Gasteiger partial charge in [-0.25, -0.2) is 0 Å². The number of aryl methyl sites for hydroxylation is 4. The number of halogens is 2. The Balaban J connectivity index is 2.01. The minimum atomic E-state index is -0.418. The lowest BCUT2D eigenvalue weighted by Gasteiger charge is -2.17. The first kappa shape index (κ1) is 23.8. The third-order valence-electron chi connectivity index (χ3n) is 5.51. The van der Waals surface area contributed by atoms with Gasteiger partial charge in [0.15, 0.2) is 0 Å². The zero-order valence-corrected chi connectivity index (χ0v) is 20.1. The molecule has 3 rings (SSSR count). The van der Waals surface area contributed by atoms with Crippen molar-refractivity contribution < 1.29 is 9.59 Å². The van der Waals surface area contributed by atoms with E-state index in [1.54, 1.807) is 0 Å². The van der Waals surface area contributed by atoms with Gasteiger partial charge in [0.2, 0.25) is 0 Å². The molecule has 0 fully saturated rings. The van der Waals surface area contributed by atoms with Crippen LogP contribution in [0.4, 0.5) is 11.4 Å². The number of carbonyl (C=O) groups is 2. The second kappa shape index (κ2) is 10.2. The third-order valence-corrected chi connectivity index (χ3v) is 6.23. The first-order chi connectivity index (χ1) is 15.3. The van der Waals surface area contributed by atoms with Gasteiger partial charge >= 0.3 is 0 Å². The zero-order valence-electron chi connectivity index (χ0n) is 18.6. The van der Waals surface area contributed by atoms with Crippen molar-refractivity contribution in [1.29, 1.82) is 0 Å². The van der Waals surface area contributed by atoms with Crippen LogP contribution in [0.1, 0.15) is 56.8 Å². The minimum absolute atomic E-state index is 0.161. The van der Waals surface area contributed by atoms with E-state index in [1.807, 2.05) is 64.1 Å². The normalized spacial score (nSPS) is 10.7. The number of benzene rings is 3. The predicted molar refractivity (Wildman–Crippen MR) is 133 cm³/mol. The standard InChI is InChI=1S/C26H26Cl2N2O2/c1-5-17-11-7-9-15(3)23(17)29-25(31)19-13-21(27)22(28)14-20(19)26(32)30-24-16(4)10-8-12-18(24)6-2/h7-14H,5-6H2,1-4H3,(H,29,31)(H,30,32). The van der Waals surface area contributed by atoms with Crippen molar-refractivity contribution in [3.8, 4) is 0 Å². The minimum Gasteiger partial charge on any atom is -0.321 e. The maximum absolute atomic E-state index is 13.3. The zero-order chi connectivity index (χ0) is 23.4. The van der Waals surface area contributed by atoms with Crippen LogP contribution in [0.15, 0.2) is 48.5 Å². The number of anilines is 2. The maximum Gasteiger partial charge on any atom is 0.256 e. The Kier molecular flexibility index (Phi) is 7.60. The van der Waals surface area contributed by atoms with Crippen molar-refractivity contribution in [2.45, 2.75) is 40.5 Å². The van der Waals surface area contributed by atoms with Crippen molar-refractivity contribution in [2.24, 2.45) is 0 Å². The van der Waals surface area contributed by atoms with E-state index in [2.05, 4.69) is 10.6 Å². The fraction of sp³-hybridized carbons (Fsp3) is 0.231. The van der Waals surface area contributed by atoms with E-state index in [-0.39, 0.29) is 21.2 Å². The summed E-state index contributed by atoms with van der Waals surface area (Å²) in [5.41, 5.74) is 5.71. The summed E-state index contributed by atoms with van der Waals surface area (Å²) < 4.78 is 0. The molecule has 0 atom stereocenters. The molecular weight excluding hydrogens is 443 g/mol. The highest BCUT2D eigenvalue weighted by atomic mass is 35.5. The van der Waals surface area contributed by atoms with Gasteiger partial charge in [-0.2, -0.15) is 0 Å². The lowest BCUT2D eigenvalue weighted by Crippen LogP contribution is -2.22. The summed E-state index contributed by atoms with van der Waals surface area (Å²) in [6.07, 6.45) is 1.53. The molecule has 4 nitrogen and oxygen atoms in total. The van der Waals surface area contributed by atoms with E-state index in [0.29, 0.717) is 0 Å². The molecule has 0 aliphatic carbocycles. The van der Waals surface area contributed by atoms with Gasteiger partial charge in [0.25, 0.3) is 11.8 Å². The monoisotopic (exact) mass is 468 g/mol. The van der Waals surface area contributed by atoms with Gasteiger partial charge in [-0.1, -0.05) is 73.4 Å². The number of hydrogen-bond donors (Lipinski definition) is 2. The number of para-hydroxylation sites is 2. The number of carbonyl (C=O) groups excluding carboxylic acids is 2. The molecule has 2 N–H and O–H groups in total. The average Bonchev–Trinajstić information content (AvgIpc) is 2.77. The smallest absolute Gasteiger partial charge is 0.256 e. The van der Waals surface area contributed by atoms with Gasteiger partial charge in [-0.05, 0) is 61.1 Å². The number of rotatable bonds is 6. The highest BCUT2D eigenvalue weighted by molar-refractivity contribution is 6.42. The number of hydrogen-bond acceptors (Lipinski definition) is 2. The lowest BCUT2D eigenvalue weighted by atomic mass is 10.0. The van der Waals surface area contributed by atoms with Crippen LogP contribution in [0.2, 0.25) is 10.0 Å². The summed E-state index contributed by atoms with van der Waals surface area (Å²) in [6.45, 7) is 7.91. The van der Waals surface area contributed by atoms with E-state index in [1.165, 1.54) is 12.1 Å². The molecule has 0 saturated heterocycles. The maximum atomic E-state index is 13.3. The second-order valence-corrected chi connectivity index (χ2v) is 8.46. The van der Waals surface area contributed by atoms with Crippen LogP contribution >= 0.6 is 23.2 Å². The summed E-state index contributed by atoms with van der Waals surface area (Å²) in [5, 5.41) is 6.35. The van der Waals surface area contributed by atoms with E-state index in [9.17, 15) is 9.59 Å². The third kappa shape index (κ3) is 4.98. The highest BCUT2D eigenvalue weighted by Gasteiger charge is 2.22. The Hall–Kier alpha value is -2.82. The van der Waals surface area contributed by atoms with E-state index in [0.717, 1.165) is 46.5 Å². The van der Waals surface area contributed by atoms with Crippen molar-refractivity contribution in [2.75, 3.05) is 10.6 Å². The summed E-state index contributed by atoms with van der Waals surface area (Å²) in [7, 11) is 0. The number of nitrogens with one attached hydrogen (secondary N) is 2. The van der Waals surface area contributed by atoms with Gasteiger partial charge in [-0.15, -0.1) is 0 Å². The van der Waals surface area contributed by atoms with Crippen molar-refractivity contribution >= 4 is 46.4 Å². The molecule has 0 heterocycles. The van der Waals surface area contributed by atoms with Crippen LogP contribution in [0.5, 0.6) is 0 Å². The Bertz CT molecular complexity index is 1100. The van der Waals surface area contributed by atoms with Gasteiger partial charge in [0.1, 0.15) is 0 Å². The van der Waals surface area contributed by atoms with Crippen LogP contribution in [-0.4, -0.2) is 11.8 Å². The summed E-state index contributed by atoms with van der Waals surface area (Å²) in [6, 6.07) is 14.6. The molecule has 166 valence electrons. The van der Waals surface area contributed by atoms with E-state index >= 15 is 0 Å². The molecule has 0 spiro atoms. The molecule has 0 saturated carbocycles. The van der Waals surface area contributed by atoms with Crippen molar-refractivity contribution in [3.05, 3.63) is 92.0 Å². The molecule has 0 aromatic heterocycles. The molecule has 2 amide bonds. The fourth-order valence-corrected chi connectivity index (χ4v) is 4.02. The molecule has 32 heavy (non-hydrogen) atoms. The van der Waals surface area contributed by atoms with Crippen LogP contribution in [0, 0.1) is 13.8 Å². The Morgan fingerprint density at radius 1 is 0.719 bits per heavy atom. The Morgan fingerprint density at radius 3 is 1.44 bits per heavy atom. The average molecular weight is 469 g/mol. The topological polar surface area (TPSA) is 58.2 Å². The van der Waals surface area contributed by atoms with E-state index in [4.69, 9.17) is 23.2 Å². The highest BCUT2D eigenvalue weighted by Crippen LogP contribution is 2.29. The van der Waals surface area contributed by atoms with Gasteiger partial charge in [0.05, 0.1) is 21.2 Å². The summed E-state index contributed by atoms with van der Waals surface area (Å²) >= 11 is 12.4. The van der Waals surface area contributed by atoms with Gasteiger partial charge < -0.3 is 10.6 Å². The predicted octanol–water partition coefficient (Wildman–Crippen LogP) is 7.24. The molecule has 0 aliphatic rings. The fourth-order valence-electron chi connectivity index (χ4n) is 3.69. The van der Waals surface area contributed by atoms with E-state index < -0.39 is 11.8 Å². The van der Waals surface area contributed by atoms with Crippen LogP contribution < -0.4 is 10.6 Å². The van der Waals surface area contributed by atoms with Crippen molar-refractivity contribution in [1.82, 2.24) is 0 Å². The van der Waals surface area contributed by atoms with Crippen LogP contribution in [0.25, 0.3) is 0 Å². The first-order valence-corrected chi connectivity index (χ1v) is 11.3. The molecule has 0 unspecified atom stereocenters. The first-order valence-electron chi connectivity index (χ1n) is 10.6. The molecular formula is C26H26Cl2N2O2. The van der Waals surface area contributed by atoms with Gasteiger partial charge in [0, 0.05) is 11.4 Å². The van der Waals surface area contributed by atoms with Crippen LogP contribution in [-0.2, 0) is 12.8 Å². The molecule has 0 bridgehead atoms. The molecule has 0 radical (unpaired) electrons. The quantitative estimate of drug-likeness (QED) is 0.400. The largest absolute Gasteiger partial charge is 0.321 e. The molecule has 3 aromatic rings. The molecule has 6 heteroatoms. The van der Waals surface area contributed by atoms with Crippen LogP contribution in [0.3, 0.4) is 0 Å². The second-order valence-electron chi connectivity index (χ2n) is 7.65. The molecule has 0 aliphatic heterocycles. The Morgan fingerprint density at radius 2 is 1.09 bits per heavy atom. The molecule has 3 aromatic carbocycles. The van der Waals surface area contributed by atoms with Crippen molar-refractivity contribution in [3.63, 3.8) is 0 Å². The Labute approximate surface area is 198 Å². The summed E-state index contributed by atoms with van der Waals surface area (Å²) in [4.78, 5) is 26.5. The lowest BCUT2D eigenvalue weighted by molar-refractivity contribution is 0.0990. The summed E-state index contributed by atoms with van der Waals surface area (Å²) in [5.74, 6) is -0.837. The van der Waals surface area contributed by atoms with Gasteiger partial charge in [-0.3, -0.25) is 9.59 Å². The SMILES string of the molecule is CCc1cccc(C)c1NC(=O)c1cc(Cl)c(Cl)cc1C(=O)Nc1c(C)cccc1CC.